The molecule has 1 atom stereocenters. The van der Waals surface area contributed by atoms with Crippen molar-refractivity contribution in [2.24, 2.45) is 0 Å². The van der Waals surface area contributed by atoms with Crippen molar-refractivity contribution >= 4 is 28.9 Å². The van der Waals surface area contributed by atoms with Gasteiger partial charge in [-0.1, -0.05) is 30.1 Å². The first-order valence-corrected chi connectivity index (χ1v) is 7.39. The van der Waals surface area contributed by atoms with Crippen LogP contribution >= 0.6 is 23.2 Å². The van der Waals surface area contributed by atoms with Gasteiger partial charge in [-0.15, -0.1) is 0 Å². The average Bonchev–Trinajstić information content (AvgIpc) is 2.40. The molecule has 18 heavy (non-hydrogen) atoms. The molecule has 1 aromatic carbocycles. The lowest BCUT2D eigenvalue weighted by molar-refractivity contribution is 0.423. The van der Waals surface area contributed by atoms with Crippen LogP contribution in [0.25, 0.3) is 0 Å². The van der Waals surface area contributed by atoms with Gasteiger partial charge in [-0.25, -0.2) is 0 Å². The van der Waals surface area contributed by atoms with Crippen molar-refractivity contribution in [3.8, 4) is 0 Å². The van der Waals surface area contributed by atoms with Crippen molar-refractivity contribution in [1.82, 2.24) is 5.32 Å². The van der Waals surface area contributed by atoms with Crippen LogP contribution in [0.3, 0.4) is 0 Å². The Kier molecular flexibility index (Phi) is 5.16. The molecule has 0 bridgehead atoms. The molecule has 0 amide bonds. The van der Waals surface area contributed by atoms with E-state index < -0.39 is 0 Å². The van der Waals surface area contributed by atoms with E-state index in [1.165, 1.54) is 24.9 Å². The van der Waals surface area contributed by atoms with E-state index in [-0.39, 0.29) is 0 Å². The fourth-order valence-corrected chi connectivity index (χ4v) is 2.70. The lowest BCUT2D eigenvalue weighted by Crippen LogP contribution is -2.46. The molecule has 1 aromatic rings. The Morgan fingerprint density at radius 1 is 1.33 bits per heavy atom. The lowest BCUT2D eigenvalue weighted by Gasteiger charge is -2.35. The monoisotopic (exact) mass is 286 g/mol. The van der Waals surface area contributed by atoms with Crippen LogP contribution in [0.1, 0.15) is 26.2 Å². The molecule has 0 spiro atoms. The summed E-state index contributed by atoms with van der Waals surface area (Å²) >= 11 is 12.0. The zero-order valence-electron chi connectivity index (χ0n) is 10.8. The Morgan fingerprint density at radius 3 is 2.89 bits per heavy atom. The highest BCUT2D eigenvalue weighted by atomic mass is 35.5. The third-order valence-electron chi connectivity index (χ3n) is 3.37. The number of anilines is 1. The van der Waals surface area contributed by atoms with Gasteiger partial charge < -0.3 is 10.2 Å². The number of piperidine rings is 1. The highest BCUT2D eigenvalue weighted by Crippen LogP contribution is 2.28. The van der Waals surface area contributed by atoms with Crippen molar-refractivity contribution in [3.05, 3.63) is 28.2 Å². The van der Waals surface area contributed by atoms with Crippen molar-refractivity contribution in [2.75, 3.05) is 24.5 Å². The van der Waals surface area contributed by atoms with E-state index in [1.54, 1.807) is 0 Å². The molecule has 2 nitrogen and oxygen atoms in total. The maximum absolute atomic E-state index is 6.08. The molecule has 1 N–H and O–H groups in total. The summed E-state index contributed by atoms with van der Waals surface area (Å²) in [6.45, 7) is 5.45. The summed E-state index contributed by atoms with van der Waals surface area (Å²) in [5.74, 6) is 0. The van der Waals surface area contributed by atoms with Crippen LogP contribution in [-0.2, 0) is 0 Å². The summed E-state index contributed by atoms with van der Waals surface area (Å²) in [6.07, 6.45) is 3.67. The van der Waals surface area contributed by atoms with E-state index >= 15 is 0 Å². The second-order valence-electron chi connectivity index (χ2n) is 4.84. The minimum atomic E-state index is 0.591. The molecular weight excluding hydrogens is 267 g/mol. The Morgan fingerprint density at radius 2 is 2.17 bits per heavy atom. The smallest absolute Gasteiger partial charge is 0.0612 e. The fraction of sp³-hybridized carbons (Fsp3) is 0.571. The molecule has 100 valence electrons. The molecule has 0 aliphatic carbocycles. The Labute approximate surface area is 119 Å². The molecule has 1 heterocycles. The largest absolute Gasteiger partial charge is 0.370 e. The van der Waals surface area contributed by atoms with Crippen LogP contribution in [0.4, 0.5) is 5.69 Å². The summed E-state index contributed by atoms with van der Waals surface area (Å²) in [6, 6.07) is 6.48. The van der Waals surface area contributed by atoms with Gasteiger partial charge in [0, 0.05) is 24.8 Å². The van der Waals surface area contributed by atoms with Gasteiger partial charge in [-0.2, -0.15) is 0 Å². The van der Waals surface area contributed by atoms with Crippen molar-refractivity contribution in [3.63, 3.8) is 0 Å². The molecule has 4 heteroatoms. The Balaban J connectivity index is 2.01. The van der Waals surface area contributed by atoms with Gasteiger partial charge in [0.15, 0.2) is 0 Å². The van der Waals surface area contributed by atoms with Gasteiger partial charge in [-0.05, 0) is 44.0 Å². The van der Waals surface area contributed by atoms with Gasteiger partial charge >= 0.3 is 0 Å². The van der Waals surface area contributed by atoms with Gasteiger partial charge in [0.05, 0.1) is 10.0 Å². The van der Waals surface area contributed by atoms with E-state index in [1.807, 2.05) is 12.1 Å². The van der Waals surface area contributed by atoms with Crippen LogP contribution in [0.5, 0.6) is 0 Å². The number of rotatable bonds is 4. The van der Waals surface area contributed by atoms with Gasteiger partial charge in [0.25, 0.3) is 0 Å². The summed E-state index contributed by atoms with van der Waals surface area (Å²) in [5, 5.41) is 4.86. The average molecular weight is 287 g/mol. The second kappa shape index (κ2) is 6.65. The summed E-state index contributed by atoms with van der Waals surface area (Å²) in [7, 11) is 0. The maximum atomic E-state index is 6.08. The third kappa shape index (κ3) is 3.53. The van der Waals surface area contributed by atoms with Gasteiger partial charge in [0.1, 0.15) is 0 Å². The zero-order chi connectivity index (χ0) is 13.0. The van der Waals surface area contributed by atoms with Gasteiger partial charge in [-0.3, -0.25) is 0 Å². The van der Waals surface area contributed by atoms with Crippen molar-refractivity contribution in [1.29, 1.82) is 0 Å². The standard InChI is InChI=1S/C14H20Cl2N2/c1-2-7-17-11-4-3-8-18(10-11)12-5-6-13(15)14(16)9-12/h5-6,9,11,17H,2-4,7-8,10H2,1H3. The molecule has 1 unspecified atom stereocenters. The Bertz CT molecular complexity index is 395. The lowest BCUT2D eigenvalue weighted by atomic mass is 10.0. The zero-order valence-corrected chi connectivity index (χ0v) is 12.3. The maximum Gasteiger partial charge on any atom is 0.0612 e. The van der Waals surface area contributed by atoms with E-state index in [0.717, 1.165) is 19.6 Å². The molecular formula is C14H20Cl2N2. The van der Waals surface area contributed by atoms with Crippen LogP contribution in [0.2, 0.25) is 10.0 Å². The predicted molar refractivity (Wildman–Crippen MR) is 80.0 cm³/mol. The molecule has 0 saturated carbocycles. The number of nitrogens with one attached hydrogen (secondary N) is 1. The molecule has 2 rings (SSSR count). The molecule has 0 radical (unpaired) electrons. The topological polar surface area (TPSA) is 15.3 Å². The number of hydrogen-bond donors (Lipinski definition) is 1. The van der Waals surface area contributed by atoms with Crippen LogP contribution < -0.4 is 10.2 Å². The van der Waals surface area contributed by atoms with E-state index in [4.69, 9.17) is 23.2 Å². The van der Waals surface area contributed by atoms with E-state index in [2.05, 4.69) is 23.2 Å². The normalized spacial score (nSPS) is 20.2. The van der Waals surface area contributed by atoms with Gasteiger partial charge in [0.2, 0.25) is 0 Å². The summed E-state index contributed by atoms with van der Waals surface area (Å²) < 4.78 is 0. The molecule has 1 aliphatic rings. The SMILES string of the molecule is CCCNC1CCCN(c2ccc(Cl)c(Cl)c2)C1. The minimum Gasteiger partial charge on any atom is -0.370 e. The van der Waals surface area contributed by atoms with E-state index in [9.17, 15) is 0 Å². The van der Waals surface area contributed by atoms with Crippen LogP contribution in [0, 0.1) is 0 Å². The number of nitrogens with zero attached hydrogens (tertiary/aromatic N) is 1. The summed E-state index contributed by atoms with van der Waals surface area (Å²) in [4.78, 5) is 2.39. The van der Waals surface area contributed by atoms with Crippen molar-refractivity contribution in [2.45, 2.75) is 32.2 Å². The molecule has 1 aliphatic heterocycles. The van der Waals surface area contributed by atoms with E-state index in [0.29, 0.717) is 16.1 Å². The Hall–Kier alpha value is -0.440. The number of hydrogen-bond acceptors (Lipinski definition) is 2. The highest BCUT2D eigenvalue weighted by molar-refractivity contribution is 6.42. The number of benzene rings is 1. The fourth-order valence-electron chi connectivity index (χ4n) is 2.41. The first kappa shape index (κ1) is 14.0. The minimum absolute atomic E-state index is 0.591. The summed E-state index contributed by atoms with van der Waals surface area (Å²) in [5.41, 5.74) is 1.17. The molecule has 0 aromatic heterocycles. The first-order chi connectivity index (χ1) is 8.70. The van der Waals surface area contributed by atoms with Crippen LogP contribution in [-0.4, -0.2) is 25.7 Å². The van der Waals surface area contributed by atoms with Crippen molar-refractivity contribution < 1.29 is 0 Å². The quantitative estimate of drug-likeness (QED) is 0.901. The first-order valence-electron chi connectivity index (χ1n) is 6.64. The second-order valence-corrected chi connectivity index (χ2v) is 5.65. The van der Waals surface area contributed by atoms with Crippen LogP contribution in [0.15, 0.2) is 18.2 Å². The predicted octanol–water partition coefficient (Wildman–Crippen LogP) is 3.96. The number of halogens is 2. The molecule has 1 saturated heterocycles. The highest BCUT2D eigenvalue weighted by Gasteiger charge is 2.19. The third-order valence-corrected chi connectivity index (χ3v) is 4.11. The molecule has 1 fully saturated rings.